The van der Waals surface area contributed by atoms with Gasteiger partial charge in [0.25, 0.3) is 0 Å². The van der Waals surface area contributed by atoms with Crippen LogP contribution in [0.5, 0.6) is 5.75 Å². The molecular weight excluding hydrogens is 513 g/mol. The quantitative estimate of drug-likeness (QED) is 0.168. The van der Waals surface area contributed by atoms with Crippen LogP contribution in [0.4, 0.5) is 0 Å². The van der Waals surface area contributed by atoms with Crippen LogP contribution in [0.1, 0.15) is 24.5 Å². The first-order chi connectivity index (χ1) is 16.5. The third-order valence-corrected chi connectivity index (χ3v) is 7.70. The molecule has 2 atom stereocenters. The zero-order chi connectivity index (χ0) is 24.8. The number of benzene rings is 2. The Morgan fingerprint density at radius 1 is 1.03 bits per heavy atom. The molecule has 2 N–H and O–H groups in total. The number of methoxy groups -OCH3 is 1. The minimum Gasteiger partial charge on any atom is -0.497 e. The van der Waals surface area contributed by atoms with Crippen LogP contribution >= 0.6 is 46.7 Å². The number of nitrogens with one attached hydrogen (secondary N) is 1. The van der Waals surface area contributed by atoms with E-state index in [9.17, 15) is 9.90 Å². The Balaban J connectivity index is 2.03. The lowest BCUT2D eigenvalue weighted by atomic mass is 10.0. The summed E-state index contributed by atoms with van der Waals surface area (Å²) in [5.74, 6) is 3.44. The maximum atomic E-state index is 12.8. The molecule has 0 aromatic heterocycles. The number of rotatable bonds is 16. The highest BCUT2D eigenvalue weighted by atomic mass is 35.5. The van der Waals surface area contributed by atoms with Gasteiger partial charge in [0.05, 0.1) is 13.2 Å². The van der Waals surface area contributed by atoms with Crippen LogP contribution < -0.4 is 10.1 Å². The average Bonchev–Trinajstić information content (AvgIpc) is 2.85. The molecule has 0 aliphatic carbocycles. The maximum absolute atomic E-state index is 12.8. The number of thioether (sulfide) groups is 2. The molecule has 0 saturated carbocycles. The molecule has 5 nitrogen and oxygen atoms in total. The van der Waals surface area contributed by atoms with Gasteiger partial charge in [0, 0.05) is 46.1 Å². The molecule has 188 valence electrons. The summed E-state index contributed by atoms with van der Waals surface area (Å²) < 4.78 is 10.6. The fourth-order valence-electron chi connectivity index (χ4n) is 3.32. The molecule has 34 heavy (non-hydrogen) atoms. The van der Waals surface area contributed by atoms with Gasteiger partial charge in [-0.3, -0.25) is 4.79 Å². The summed E-state index contributed by atoms with van der Waals surface area (Å²) in [6.07, 6.45) is 0.252. The summed E-state index contributed by atoms with van der Waals surface area (Å²) >= 11 is 15.1. The topological polar surface area (TPSA) is 67.8 Å². The van der Waals surface area contributed by atoms with Crippen molar-refractivity contribution in [3.63, 3.8) is 0 Å². The number of alkyl halides is 2. The van der Waals surface area contributed by atoms with Crippen LogP contribution in [0, 0.1) is 0 Å². The van der Waals surface area contributed by atoms with E-state index in [1.54, 1.807) is 30.6 Å². The number of carbonyl (C=O) groups is 1. The highest BCUT2D eigenvalue weighted by Crippen LogP contribution is 2.28. The van der Waals surface area contributed by atoms with Crippen LogP contribution in [0.25, 0.3) is 0 Å². The van der Waals surface area contributed by atoms with Gasteiger partial charge in [0.1, 0.15) is 5.75 Å². The minimum absolute atomic E-state index is 0.133. The highest BCUT2D eigenvalue weighted by Gasteiger charge is 2.22. The van der Waals surface area contributed by atoms with Crippen molar-refractivity contribution < 1.29 is 19.4 Å². The first-order valence-corrected chi connectivity index (χ1v) is 14.3. The van der Waals surface area contributed by atoms with Crippen molar-refractivity contribution in [2.24, 2.45) is 0 Å². The zero-order valence-electron chi connectivity index (χ0n) is 19.6. The van der Waals surface area contributed by atoms with Crippen LogP contribution in [0.15, 0.2) is 52.3 Å². The summed E-state index contributed by atoms with van der Waals surface area (Å²) in [6, 6.07) is 13.4. The van der Waals surface area contributed by atoms with Gasteiger partial charge < -0.3 is 19.9 Å². The maximum Gasteiger partial charge on any atom is 0.220 e. The molecule has 0 heterocycles. The SMILES string of the molecule is CCOC(O)C(Cc1ccc(OC)cc1)NC(=O)CCc1cc(SCCCl)cc(SCCCl)c1. The third-order valence-electron chi connectivity index (χ3n) is 4.92. The lowest BCUT2D eigenvalue weighted by Gasteiger charge is -2.24. The van der Waals surface area contributed by atoms with E-state index < -0.39 is 12.3 Å². The number of carbonyl (C=O) groups excluding carboxylic acids is 1. The molecule has 2 aromatic carbocycles. The van der Waals surface area contributed by atoms with Crippen molar-refractivity contribution in [1.29, 1.82) is 0 Å². The Labute approximate surface area is 221 Å². The minimum atomic E-state index is -1.09. The number of amides is 1. The smallest absolute Gasteiger partial charge is 0.220 e. The molecule has 0 fully saturated rings. The molecule has 0 aliphatic heterocycles. The van der Waals surface area contributed by atoms with Crippen molar-refractivity contribution in [3.8, 4) is 5.75 Å². The van der Waals surface area contributed by atoms with Gasteiger partial charge in [-0.15, -0.1) is 46.7 Å². The van der Waals surface area contributed by atoms with Gasteiger partial charge in [-0.25, -0.2) is 0 Å². The first-order valence-electron chi connectivity index (χ1n) is 11.2. The molecule has 0 radical (unpaired) electrons. The molecule has 2 rings (SSSR count). The standard InChI is InChI=1S/C25H33Cl2NO4S2/c1-3-32-25(30)23(16-18-4-7-20(31-2)8-5-18)28-24(29)9-6-19-14-21(33-12-10-26)17-22(15-19)34-13-11-27/h4-5,7-8,14-15,17,23,25,30H,3,6,9-13,16H2,1-2H3,(H,28,29). The van der Waals surface area contributed by atoms with Crippen LogP contribution in [-0.2, 0) is 22.4 Å². The number of aliphatic hydroxyl groups is 1. The highest BCUT2D eigenvalue weighted by molar-refractivity contribution is 8.00. The molecule has 0 aliphatic rings. The lowest BCUT2D eigenvalue weighted by molar-refractivity contribution is -0.135. The number of halogens is 2. The second-order valence-electron chi connectivity index (χ2n) is 7.46. The predicted molar refractivity (Wildman–Crippen MR) is 144 cm³/mol. The molecule has 0 bridgehead atoms. The van der Waals surface area contributed by atoms with E-state index in [-0.39, 0.29) is 5.91 Å². The van der Waals surface area contributed by atoms with Crippen molar-refractivity contribution >= 4 is 52.6 Å². The van der Waals surface area contributed by atoms with Crippen molar-refractivity contribution in [2.45, 2.75) is 48.3 Å². The summed E-state index contributed by atoms with van der Waals surface area (Å²) in [4.78, 5) is 15.1. The second-order valence-corrected chi connectivity index (χ2v) is 10.6. The van der Waals surface area contributed by atoms with E-state index >= 15 is 0 Å². The van der Waals surface area contributed by atoms with Crippen LogP contribution in [0.3, 0.4) is 0 Å². The lowest BCUT2D eigenvalue weighted by Crippen LogP contribution is -2.46. The van der Waals surface area contributed by atoms with E-state index in [4.69, 9.17) is 32.7 Å². The van der Waals surface area contributed by atoms with Gasteiger partial charge in [-0.2, -0.15) is 0 Å². The molecule has 9 heteroatoms. The number of hydrogen-bond donors (Lipinski definition) is 2. The molecule has 0 saturated heterocycles. The normalized spacial score (nSPS) is 12.9. The van der Waals surface area contributed by atoms with E-state index in [1.807, 2.05) is 31.2 Å². The zero-order valence-corrected chi connectivity index (χ0v) is 22.7. The van der Waals surface area contributed by atoms with Gasteiger partial charge >= 0.3 is 0 Å². The molecular formula is C25H33Cl2NO4S2. The Bertz CT molecular complexity index is 844. The van der Waals surface area contributed by atoms with Crippen molar-refractivity contribution in [3.05, 3.63) is 53.6 Å². The monoisotopic (exact) mass is 545 g/mol. The average molecular weight is 547 g/mol. The van der Waals surface area contributed by atoms with Crippen LogP contribution in [0.2, 0.25) is 0 Å². The molecule has 2 aromatic rings. The fourth-order valence-corrected chi connectivity index (χ4v) is 5.37. The van der Waals surface area contributed by atoms with Crippen molar-refractivity contribution in [1.82, 2.24) is 5.32 Å². The van der Waals surface area contributed by atoms with Gasteiger partial charge in [0.15, 0.2) is 6.29 Å². The van der Waals surface area contributed by atoms with E-state index in [2.05, 4.69) is 23.5 Å². The van der Waals surface area contributed by atoms with Crippen molar-refractivity contribution in [2.75, 3.05) is 37.0 Å². The number of aryl methyl sites for hydroxylation is 1. The van der Waals surface area contributed by atoms with E-state index in [0.717, 1.165) is 38.2 Å². The molecule has 1 amide bonds. The van der Waals surface area contributed by atoms with Crippen LogP contribution in [-0.4, -0.2) is 60.3 Å². The number of aliphatic hydroxyl groups excluding tert-OH is 1. The molecule has 0 spiro atoms. The molecule has 2 unspecified atom stereocenters. The Morgan fingerprint density at radius 2 is 1.65 bits per heavy atom. The second kappa shape index (κ2) is 16.6. The van der Waals surface area contributed by atoms with Gasteiger partial charge in [-0.05, 0) is 61.2 Å². The Kier molecular flexibility index (Phi) is 14.2. The number of ether oxygens (including phenoxy) is 2. The largest absolute Gasteiger partial charge is 0.497 e. The fraction of sp³-hybridized carbons (Fsp3) is 0.480. The van der Waals surface area contributed by atoms with Gasteiger partial charge in [-0.1, -0.05) is 12.1 Å². The summed E-state index contributed by atoms with van der Waals surface area (Å²) in [6.45, 7) is 2.16. The third kappa shape index (κ3) is 10.7. The summed E-state index contributed by atoms with van der Waals surface area (Å²) in [5, 5.41) is 13.4. The first kappa shape index (κ1) is 29.1. The van der Waals surface area contributed by atoms with E-state index in [1.165, 1.54) is 0 Å². The van der Waals surface area contributed by atoms with E-state index in [0.29, 0.717) is 37.6 Å². The number of hydrogen-bond acceptors (Lipinski definition) is 6. The van der Waals surface area contributed by atoms with Gasteiger partial charge in [0.2, 0.25) is 5.91 Å². The Hall–Kier alpha value is -1.09. The summed E-state index contributed by atoms with van der Waals surface area (Å²) in [5.41, 5.74) is 2.05. The summed E-state index contributed by atoms with van der Waals surface area (Å²) in [7, 11) is 1.61. The predicted octanol–water partition coefficient (Wildman–Crippen LogP) is 5.37. The Morgan fingerprint density at radius 3 is 2.18 bits per heavy atom.